The number of nitrogens with one attached hydrogen (secondary N) is 2. The highest BCUT2D eigenvalue weighted by Crippen LogP contribution is 2.29. The molecule has 0 saturated carbocycles. The standard InChI is InChI=1S/C17H22N2O5S3/c1-23-12-6-7-15(24-2)14(11-12)18-17(20)13(8-10-25-3)19-27(21,22)16-5-4-9-26-16/h4-7,9,11,13,19H,8,10H2,1-3H3,(H,18,20)/t13-/m1/s1. The minimum Gasteiger partial charge on any atom is -0.497 e. The van der Waals surface area contributed by atoms with Crippen LogP contribution in [0.2, 0.25) is 0 Å². The van der Waals surface area contributed by atoms with Gasteiger partial charge in [-0.05, 0) is 42.0 Å². The van der Waals surface area contributed by atoms with Gasteiger partial charge in [0.05, 0.1) is 19.9 Å². The highest BCUT2D eigenvalue weighted by Gasteiger charge is 2.26. The van der Waals surface area contributed by atoms with Crippen LogP contribution in [0.1, 0.15) is 6.42 Å². The summed E-state index contributed by atoms with van der Waals surface area (Å²) in [4.78, 5) is 12.8. The molecule has 1 aromatic heterocycles. The van der Waals surface area contributed by atoms with Crippen molar-refractivity contribution in [3.05, 3.63) is 35.7 Å². The van der Waals surface area contributed by atoms with Gasteiger partial charge in [0.15, 0.2) is 0 Å². The molecule has 1 aromatic carbocycles. The van der Waals surface area contributed by atoms with E-state index in [2.05, 4.69) is 10.0 Å². The number of hydrogen-bond acceptors (Lipinski definition) is 7. The van der Waals surface area contributed by atoms with E-state index in [1.165, 1.54) is 32.0 Å². The van der Waals surface area contributed by atoms with Crippen molar-refractivity contribution >= 4 is 44.7 Å². The number of anilines is 1. The first-order chi connectivity index (χ1) is 12.9. The van der Waals surface area contributed by atoms with Gasteiger partial charge in [-0.25, -0.2) is 8.42 Å². The number of amides is 1. The van der Waals surface area contributed by atoms with Crippen LogP contribution in [0, 0.1) is 0 Å². The lowest BCUT2D eigenvalue weighted by molar-refractivity contribution is -0.117. The van der Waals surface area contributed by atoms with E-state index in [0.717, 1.165) is 11.3 Å². The van der Waals surface area contributed by atoms with Crippen molar-refractivity contribution in [1.82, 2.24) is 4.72 Å². The van der Waals surface area contributed by atoms with E-state index in [0.29, 0.717) is 29.4 Å². The van der Waals surface area contributed by atoms with E-state index >= 15 is 0 Å². The lowest BCUT2D eigenvalue weighted by Crippen LogP contribution is -2.44. The Bertz CT molecular complexity index is 853. The number of methoxy groups -OCH3 is 2. The smallest absolute Gasteiger partial charge is 0.250 e. The van der Waals surface area contributed by atoms with Crippen molar-refractivity contribution in [3.63, 3.8) is 0 Å². The molecule has 0 saturated heterocycles. The maximum atomic E-state index is 12.8. The first-order valence-electron chi connectivity index (χ1n) is 7.99. The van der Waals surface area contributed by atoms with Crippen LogP contribution in [0.4, 0.5) is 5.69 Å². The molecule has 0 bridgehead atoms. The number of carbonyl (C=O) groups is 1. The SMILES string of the molecule is COc1ccc(OC)c(NC(=O)[C@@H](CCSC)NS(=O)(=O)c2cccs2)c1. The second-order valence-corrected chi connectivity index (χ2v) is 9.32. The summed E-state index contributed by atoms with van der Waals surface area (Å²) in [5.41, 5.74) is 0.409. The number of sulfonamides is 1. The van der Waals surface area contributed by atoms with Crippen LogP contribution in [0.25, 0.3) is 0 Å². The minimum absolute atomic E-state index is 0.170. The Morgan fingerprint density at radius 2 is 2.04 bits per heavy atom. The van der Waals surface area contributed by atoms with Gasteiger partial charge in [0.2, 0.25) is 5.91 Å². The molecular formula is C17H22N2O5S3. The molecule has 27 heavy (non-hydrogen) atoms. The summed E-state index contributed by atoms with van der Waals surface area (Å²) in [5.74, 6) is 1.16. The topological polar surface area (TPSA) is 93.7 Å². The zero-order valence-corrected chi connectivity index (χ0v) is 17.7. The average Bonchev–Trinajstić information content (AvgIpc) is 3.20. The number of thioether (sulfide) groups is 1. The molecule has 0 spiro atoms. The zero-order valence-electron chi connectivity index (χ0n) is 15.2. The molecule has 2 N–H and O–H groups in total. The van der Waals surface area contributed by atoms with Crippen molar-refractivity contribution in [3.8, 4) is 11.5 Å². The number of hydrogen-bond donors (Lipinski definition) is 2. The number of ether oxygens (including phenoxy) is 2. The summed E-state index contributed by atoms with van der Waals surface area (Å²) in [6, 6.07) is 7.23. The largest absolute Gasteiger partial charge is 0.497 e. The number of carbonyl (C=O) groups excluding carboxylic acids is 1. The maximum Gasteiger partial charge on any atom is 0.250 e. The average molecular weight is 431 g/mol. The molecule has 2 rings (SSSR count). The lowest BCUT2D eigenvalue weighted by atomic mass is 10.2. The number of rotatable bonds is 10. The molecule has 2 aromatic rings. The van der Waals surface area contributed by atoms with E-state index in [1.54, 1.807) is 29.6 Å². The van der Waals surface area contributed by atoms with E-state index in [1.807, 2.05) is 6.26 Å². The molecule has 0 radical (unpaired) electrons. The van der Waals surface area contributed by atoms with Crippen LogP contribution in [0.5, 0.6) is 11.5 Å². The molecule has 10 heteroatoms. The van der Waals surface area contributed by atoms with Gasteiger partial charge < -0.3 is 14.8 Å². The van der Waals surface area contributed by atoms with Crippen LogP contribution in [-0.4, -0.2) is 46.6 Å². The van der Waals surface area contributed by atoms with Gasteiger partial charge in [0.25, 0.3) is 10.0 Å². The molecule has 1 heterocycles. The normalized spacial score (nSPS) is 12.4. The van der Waals surface area contributed by atoms with Crippen LogP contribution in [-0.2, 0) is 14.8 Å². The predicted molar refractivity (Wildman–Crippen MR) is 110 cm³/mol. The fourth-order valence-corrected chi connectivity index (χ4v) is 4.98. The van der Waals surface area contributed by atoms with Gasteiger partial charge in [-0.2, -0.15) is 16.5 Å². The van der Waals surface area contributed by atoms with Crippen molar-refractivity contribution in [2.24, 2.45) is 0 Å². The molecular weight excluding hydrogens is 408 g/mol. The Kier molecular flexibility index (Phi) is 7.96. The molecule has 0 aliphatic heterocycles. The third-order valence-electron chi connectivity index (χ3n) is 3.65. The van der Waals surface area contributed by atoms with Crippen molar-refractivity contribution in [2.75, 3.05) is 31.5 Å². The Morgan fingerprint density at radius 3 is 2.63 bits per heavy atom. The molecule has 0 aliphatic rings. The minimum atomic E-state index is -3.77. The second-order valence-electron chi connectivity index (χ2n) is 5.44. The summed E-state index contributed by atoms with van der Waals surface area (Å²) < 4.78 is 38.1. The van der Waals surface area contributed by atoms with Crippen molar-refractivity contribution < 1.29 is 22.7 Å². The molecule has 0 fully saturated rings. The van der Waals surface area contributed by atoms with Gasteiger partial charge in [-0.1, -0.05) is 6.07 Å². The summed E-state index contributed by atoms with van der Waals surface area (Å²) in [6.45, 7) is 0. The third-order valence-corrected chi connectivity index (χ3v) is 7.16. The Hall–Kier alpha value is -1.75. The Labute approximate surface area is 167 Å². The van der Waals surface area contributed by atoms with Crippen LogP contribution in [0.15, 0.2) is 39.9 Å². The summed E-state index contributed by atoms with van der Waals surface area (Å²) >= 11 is 2.63. The fourth-order valence-electron chi connectivity index (χ4n) is 2.27. The van der Waals surface area contributed by atoms with E-state index in [-0.39, 0.29) is 4.21 Å². The molecule has 1 amide bonds. The molecule has 148 valence electrons. The predicted octanol–water partition coefficient (Wildman–Crippen LogP) is 2.80. The second kappa shape index (κ2) is 9.98. The molecule has 1 atom stereocenters. The molecule has 0 unspecified atom stereocenters. The highest BCUT2D eigenvalue weighted by molar-refractivity contribution is 7.98. The van der Waals surface area contributed by atoms with Gasteiger partial charge in [0.1, 0.15) is 21.8 Å². The third kappa shape index (κ3) is 5.86. The van der Waals surface area contributed by atoms with E-state index in [4.69, 9.17) is 9.47 Å². The molecule has 0 aliphatic carbocycles. The fraction of sp³-hybridized carbons (Fsp3) is 0.353. The quantitative estimate of drug-likeness (QED) is 0.602. The summed E-state index contributed by atoms with van der Waals surface area (Å²) in [5, 5.41) is 4.41. The Morgan fingerprint density at radius 1 is 1.26 bits per heavy atom. The van der Waals surface area contributed by atoms with Gasteiger partial charge in [0, 0.05) is 6.07 Å². The monoisotopic (exact) mass is 430 g/mol. The van der Waals surface area contributed by atoms with Crippen LogP contribution < -0.4 is 19.5 Å². The van der Waals surface area contributed by atoms with Gasteiger partial charge >= 0.3 is 0 Å². The summed E-state index contributed by atoms with van der Waals surface area (Å²) in [7, 11) is -0.764. The van der Waals surface area contributed by atoms with Crippen molar-refractivity contribution in [1.29, 1.82) is 0 Å². The maximum absolute atomic E-state index is 12.8. The van der Waals surface area contributed by atoms with E-state index < -0.39 is 22.0 Å². The lowest BCUT2D eigenvalue weighted by Gasteiger charge is -2.19. The van der Waals surface area contributed by atoms with Crippen LogP contribution in [0.3, 0.4) is 0 Å². The highest BCUT2D eigenvalue weighted by atomic mass is 32.2. The first kappa shape index (κ1) is 21.5. The molecule has 7 nitrogen and oxygen atoms in total. The number of benzene rings is 1. The first-order valence-corrected chi connectivity index (χ1v) is 11.7. The van der Waals surface area contributed by atoms with E-state index in [9.17, 15) is 13.2 Å². The van der Waals surface area contributed by atoms with Crippen molar-refractivity contribution in [2.45, 2.75) is 16.7 Å². The van der Waals surface area contributed by atoms with Gasteiger partial charge in [-0.15, -0.1) is 11.3 Å². The van der Waals surface area contributed by atoms with Gasteiger partial charge in [-0.3, -0.25) is 4.79 Å². The Balaban J connectivity index is 2.22. The zero-order chi connectivity index (χ0) is 19.9. The summed E-state index contributed by atoms with van der Waals surface area (Å²) in [6.07, 6.45) is 2.25. The number of thiophene rings is 1. The van der Waals surface area contributed by atoms with Crippen LogP contribution >= 0.6 is 23.1 Å².